The molecule has 1 heterocycles. The smallest absolute Gasteiger partial charge is 0.343 e. The maximum atomic E-state index is 12.7. The maximum Gasteiger partial charge on any atom is 0.343 e. The molecular weight excluding hydrogens is 298 g/mol. The summed E-state index contributed by atoms with van der Waals surface area (Å²) in [4.78, 5) is 24.7. The summed E-state index contributed by atoms with van der Waals surface area (Å²) in [5.74, 6) is 0.406. The lowest BCUT2D eigenvalue weighted by Crippen LogP contribution is -2.21. The first-order chi connectivity index (χ1) is 11.1. The molecule has 1 aromatic heterocycles. The summed E-state index contributed by atoms with van der Waals surface area (Å²) >= 11 is 0. The predicted molar refractivity (Wildman–Crippen MR) is 87.6 cm³/mol. The van der Waals surface area contributed by atoms with Crippen LogP contribution in [0.25, 0.3) is 10.9 Å². The number of pyridine rings is 1. The minimum Gasteiger partial charge on any atom is -0.493 e. The number of aromatic nitrogens is 1. The highest BCUT2D eigenvalue weighted by Gasteiger charge is 2.18. The number of carbonyl (C=O) groups excluding carboxylic acids is 1. The molecular formula is C17H21NO5. The Kier molecular flexibility index (Phi) is 5.26. The Balaban J connectivity index is 2.78. The zero-order valence-electron chi connectivity index (χ0n) is 13.8. The summed E-state index contributed by atoms with van der Waals surface area (Å²) in [6, 6.07) is 3.37. The second kappa shape index (κ2) is 7.17. The molecule has 124 valence electrons. The Bertz CT molecular complexity index is 779. The van der Waals surface area contributed by atoms with E-state index in [1.165, 1.54) is 6.20 Å². The fraction of sp³-hybridized carbons (Fsp3) is 0.412. The van der Waals surface area contributed by atoms with Crippen molar-refractivity contribution in [1.29, 1.82) is 0 Å². The van der Waals surface area contributed by atoms with Gasteiger partial charge in [-0.2, -0.15) is 0 Å². The third-order valence-electron chi connectivity index (χ3n) is 3.50. The van der Waals surface area contributed by atoms with Crippen molar-refractivity contribution in [2.75, 3.05) is 20.3 Å². The van der Waals surface area contributed by atoms with Crippen LogP contribution in [-0.2, 0) is 11.3 Å². The van der Waals surface area contributed by atoms with E-state index < -0.39 is 5.97 Å². The predicted octanol–water partition coefficient (Wildman–Crippen LogP) is 2.61. The standard InChI is InChI=1S/C17H21NO5/c1-5-18-10-12(17(20)23-7-3)16(19)11-8-15(22-6-2)14(21-4)9-13(11)18/h8-10H,5-7H2,1-4H3. The number of esters is 1. The van der Waals surface area contributed by atoms with Gasteiger partial charge < -0.3 is 18.8 Å². The van der Waals surface area contributed by atoms with E-state index in [0.717, 1.165) is 0 Å². The topological polar surface area (TPSA) is 66.8 Å². The highest BCUT2D eigenvalue weighted by atomic mass is 16.5. The van der Waals surface area contributed by atoms with Crippen molar-refractivity contribution in [3.8, 4) is 11.5 Å². The van der Waals surface area contributed by atoms with Crippen LogP contribution in [0.1, 0.15) is 31.1 Å². The van der Waals surface area contributed by atoms with Gasteiger partial charge >= 0.3 is 5.97 Å². The van der Waals surface area contributed by atoms with Gasteiger partial charge in [0.05, 0.1) is 31.2 Å². The number of aryl methyl sites for hydroxylation is 1. The van der Waals surface area contributed by atoms with Gasteiger partial charge in [-0.3, -0.25) is 4.79 Å². The van der Waals surface area contributed by atoms with Crippen LogP contribution in [-0.4, -0.2) is 30.9 Å². The number of methoxy groups -OCH3 is 1. The number of rotatable bonds is 6. The summed E-state index contributed by atoms with van der Waals surface area (Å²) in [6.45, 7) is 6.75. The molecule has 0 bridgehead atoms. The van der Waals surface area contributed by atoms with Gasteiger partial charge in [-0.15, -0.1) is 0 Å². The van der Waals surface area contributed by atoms with Gasteiger partial charge in [0.1, 0.15) is 5.56 Å². The van der Waals surface area contributed by atoms with Crippen molar-refractivity contribution < 1.29 is 19.0 Å². The van der Waals surface area contributed by atoms with E-state index in [4.69, 9.17) is 14.2 Å². The number of nitrogens with zero attached hydrogens (tertiary/aromatic N) is 1. The normalized spacial score (nSPS) is 10.6. The molecule has 2 aromatic rings. The average Bonchev–Trinajstić information content (AvgIpc) is 2.55. The molecule has 0 saturated carbocycles. The Labute approximate surface area is 134 Å². The molecule has 0 radical (unpaired) electrons. The molecule has 6 nitrogen and oxygen atoms in total. The lowest BCUT2D eigenvalue weighted by atomic mass is 10.1. The van der Waals surface area contributed by atoms with Gasteiger partial charge in [0.2, 0.25) is 5.43 Å². The van der Waals surface area contributed by atoms with Gasteiger partial charge in [0.15, 0.2) is 11.5 Å². The molecule has 0 amide bonds. The van der Waals surface area contributed by atoms with Gasteiger partial charge in [0.25, 0.3) is 0 Å². The quantitative estimate of drug-likeness (QED) is 0.766. The zero-order valence-corrected chi connectivity index (χ0v) is 13.8. The van der Waals surface area contributed by atoms with Gasteiger partial charge in [-0.05, 0) is 26.8 Å². The van der Waals surface area contributed by atoms with E-state index in [-0.39, 0.29) is 17.6 Å². The number of ether oxygens (including phenoxy) is 3. The summed E-state index contributed by atoms with van der Waals surface area (Å²) < 4.78 is 17.6. The maximum absolute atomic E-state index is 12.7. The molecule has 0 fully saturated rings. The van der Waals surface area contributed by atoms with Crippen molar-refractivity contribution >= 4 is 16.9 Å². The molecule has 0 aliphatic heterocycles. The van der Waals surface area contributed by atoms with Crippen LogP contribution in [0.4, 0.5) is 0 Å². The third-order valence-corrected chi connectivity index (χ3v) is 3.50. The Hall–Kier alpha value is -2.50. The van der Waals surface area contributed by atoms with E-state index in [0.29, 0.717) is 35.6 Å². The lowest BCUT2D eigenvalue weighted by Gasteiger charge is -2.15. The molecule has 0 unspecified atom stereocenters. The Morgan fingerprint density at radius 2 is 1.87 bits per heavy atom. The van der Waals surface area contributed by atoms with E-state index in [2.05, 4.69) is 0 Å². The van der Waals surface area contributed by atoms with Crippen molar-refractivity contribution in [2.24, 2.45) is 0 Å². The van der Waals surface area contributed by atoms with Gasteiger partial charge in [-0.25, -0.2) is 4.79 Å². The van der Waals surface area contributed by atoms with Crippen molar-refractivity contribution in [3.63, 3.8) is 0 Å². The number of fused-ring (bicyclic) bond motifs is 1. The Morgan fingerprint density at radius 1 is 1.13 bits per heavy atom. The number of carbonyl (C=O) groups is 1. The summed E-state index contributed by atoms with van der Waals surface area (Å²) in [5, 5.41) is 0.404. The fourth-order valence-electron chi connectivity index (χ4n) is 2.44. The number of hydrogen-bond acceptors (Lipinski definition) is 5. The Morgan fingerprint density at radius 3 is 2.43 bits per heavy atom. The fourth-order valence-corrected chi connectivity index (χ4v) is 2.44. The summed E-state index contributed by atoms with van der Waals surface area (Å²) in [6.07, 6.45) is 1.53. The lowest BCUT2D eigenvalue weighted by molar-refractivity contribution is 0.0524. The highest BCUT2D eigenvalue weighted by Crippen LogP contribution is 2.31. The van der Waals surface area contributed by atoms with E-state index in [1.54, 1.807) is 26.2 Å². The first kappa shape index (κ1) is 16.9. The summed E-state index contributed by atoms with van der Waals surface area (Å²) in [7, 11) is 1.55. The van der Waals surface area contributed by atoms with E-state index in [9.17, 15) is 9.59 Å². The van der Waals surface area contributed by atoms with Crippen LogP contribution < -0.4 is 14.9 Å². The minimum absolute atomic E-state index is 0.0221. The number of benzene rings is 1. The van der Waals surface area contributed by atoms with Gasteiger partial charge in [0, 0.05) is 18.8 Å². The highest BCUT2D eigenvalue weighted by molar-refractivity contribution is 5.94. The molecule has 0 aliphatic rings. The van der Waals surface area contributed by atoms with E-state index >= 15 is 0 Å². The van der Waals surface area contributed by atoms with Crippen molar-refractivity contribution in [3.05, 3.63) is 34.1 Å². The first-order valence-electron chi connectivity index (χ1n) is 7.62. The van der Waals surface area contributed by atoms with Crippen LogP contribution in [0.15, 0.2) is 23.1 Å². The molecule has 0 aliphatic carbocycles. The van der Waals surface area contributed by atoms with Crippen LogP contribution in [0.2, 0.25) is 0 Å². The second-order valence-electron chi connectivity index (χ2n) is 4.83. The zero-order chi connectivity index (χ0) is 17.0. The van der Waals surface area contributed by atoms with Crippen molar-refractivity contribution in [2.45, 2.75) is 27.3 Å². The molecule has 23 heavy (non-hydrogen) atoms. The van der Waals surface area contributed by atoms with Crippen LogP contribution >= 0.6 is 0 Å². The molecule has 0 saturated heterocycles. The molecule has 2 rings (SSSR count). The molecule has 0 atom stereocenters. The molecule has 1 aromatic carbocycles. The second-order valence-corrected chi connectivity index (χ2v) is 4.83. The SMILES string of the molecule is CCOC(=O)c1cn(CC)c2cc(OC)c(OCC)cc2c1=O. The largest absolute Gasteiger partial charge is 0.493 e. The van der Waals surface area contributed by atoms with Crippen LogP contribution in [0.5, 0.6) is 11.5 Å². The van der Waals surface area contributed by atoms with Gasteiger partial charge in [-0.1, -0.05) is 0 Å². The van der Waals surface area contributed by atoms with E-state index in [1.807, 2.05) is 18.4 Å². The van der Waals surface area contributed by atoms with Crippen LogP contribution in [0.3, 0.4) is 0 Å². The average molecular weight is 319 g/mol. The molecule has 0 spiro atoms. The van der Waals surface area contributed by atoms with Crippen molar-refractivity contribution in [1.82, 2.24) is 4.57 Å². The third kappa shape index (κ3) is 3.16. The molecule has 0 N–H and O–H groups in total. The van der Waals surface area contributed by atoms with Crippen LogP contribution in [0, 0.1) is 0 Å². The first-order valence-corrected chi connectivity index (χ1v) is 7.62. The monoisotopic (exact) mass is 319 g/mol. The minimum atomic E-state index is -0.615. The molecule has 6 heteroatoms. The number of hydrogen-bond donors (Lipinski definition) is 0. The summed E-state index contributed by atoms with van der Waals surface area (Å²) in [5.41, 5.74) is 0.339.